The highest BCUT2D eigenvalue weighted by molar-refractivity contribution is 14.1. The number of nitrogens with zero attached hydrogens (tertiary/aromatic N) is 4. The first-order chi connectivity index (χ1) is 21.8. The predicted octanol–water partition coefficient (Wildman–Crippen LogP) is 4.61. The summed E-state index contributed by atoms with van der Waals surface area (Å²) in [7, 11) is 0. The molecule has 0 bridgehead atoms. The van der Waals surface area contributed by atoms with E-state index in [0.717, 1.165) is 0 Å². The molecule has 4 atom stereocenters. The van der Waals surface area contributed by atoms with E-state index in [1.54, 1.807) is 97.9 Å². The van der Waals surface area contributed by atoms with Crippen LogP contribution in [0.4, 0.5) is 5.82 Å². The monoisotopic (exact) mass is 719 g/mol. The van der Waals surface area contributed by atoms with Crippen molar-refractivity contribution in [1.82, 2.24) is 19.7 Å². The molecule has 1 aliphatic rings. The van der Waals surface area contributed by atoms with Crippen molar-refractivity contribution in [1.29, 1.82) is 0 Å². The van der Waals surface area contributed by atoms with Gasteiger partial charge in [0.05, 0.1) is 22.1 Å². The number of nitrogens with two attached hydrogens (primary N) is 1. The van der Waals surface area contributed by atoms with Crippen molar-refractivity contribution in [3.8, 4) is 0 Å². The zero-order valence-corrected chi connectivity index (χ0v) is 25.9. The largest absolute Gasteiger partial charge is 0.459 e. The number of ether oxygens (including phenoxy) is 4. The first-order valence-electron chi connectivity index (χ1n) is 13.8. The van der Waals surface area contributed by atoms with Crippen LogP contribution in [0.25, 0.3) is 11.0 Å². The molecule has 6 rings (SSSR count). The summed E-state index contributed by atoms with van der Waals surface area (Å²) in [4.78, 5) is 48.4. The quantitative estimate of drug-likeness (QED) is 0.136. The van der Waals surface area contributed by atoms with Crippen LogP contribution in [0.1, 0.15) is 44.2 Å². The normalized spacial score (nSPS) is 20.9. The molecule has 0 saturated carbocycles. The first-order valence-corrected chi connectivity index (χ1v) is 14.9. The first kappa shape index (κ1) is 30.1. The van der Waals surface area contributed by atoms with Crippen molar-refractivity contribution < 1.29 is 33.3 Å². The van der Waals surface area contributed by atoms with Crippen molar-refractivity contribution >= 4 is 57.4 Å². The molecule has 0 unspecified atom stereocenters. The number of carbonyl (C=O) groups excluding carboxylic acids is 3. The van der Waals surface area contributed by atoms with Crippen molar-refractivity contribution in [3.63, 3.8) is 0 Å². The minimum Gasteiger partial charge on any atom is -0.459 e. The summed E-state index contributed by atoms with van der Waals surface area (Å²) in [6, 6.07) is 25.1. The average Bonchev–Trinajstić information content (AvgIpc) is 3.54. The van der Waals surface area contributed by atoms with E-state index in [0.29, 0.717) is 20.3 Å². The van der Waals surface area contributed by atoms with Gasteiger partial charge < -0.3 is 24.7 Å². The Labute approximate surface area is 270 Å². The number of nitrogen functional groups attached to an aromatic ring is 1. The Bertz CT molecular complexity index is 1860. The zero-order valence-electron chi connectivity index (χ0n) is 23.8. The number of anilines is 1. The van der Waals surface area contributed by atoms with Crippen LogP contribution in [0, 0.1) is 3.70 Å². The van der Waals surface area contributed by atoms with Gasteiger partial charge in [-0.2, -0.15) is 5.10 Å². The minimum absolute atomic E-state index is 0.192. The van der Waals surface area contributed by atoms with E-state index >= 15 is 0 Å². The number of benzene rings is 3. The summed E-state index contributed by atoms with van der Waals surface area (Å²) in [5.74, 6) is -1.82. The van der Waals surface area contributed by atoms with Gasteiger partial charge in [-0.3, -0.25) is 0 Å². The summed E-state index contributed by atoms with van der Waals surface area (Å²) in [5, 5.41) is 5.08. The molecule has 2 N–H and O–H groups in total. The molecule has 2 aromatic heterocycles. The fourth-order valence-corrected chi connectivity index (χ4v) is 5.88. The molecule has 0 amide bonds. The number of esters is 3. The molecule has 1 fully saturated rings. The zero-order chi connectivity index (χ0) is 31.6. The maximum atomic E-state index is 13.6. The number of hydrogen-bond donors (Lipinski definition) is 1. The van der Waals surface area contributed by atoms with Crippen LogP contribution in [-0.2, 0) is 18.9 Å². The lowest BCUT2D eigenvalue weighted by Gasteiger charge is -2.34. The van der Waals surface area contributed by atoms with E-state index in [1.165, 1.54) is 11.0 Å². The molecule has 0 aliphatic carbocycles. The second-order valence-electron chi connectivity index (χ2n) is 10.3. The van der Waals surface area contributed by atoms with Crippen LogP contribution < -0.4 is 5.73 Å². The smallest absolute Gasteiger partial charge is 0.338 e. The lowest BCUT2D eigenvalue weighted by molar-refractivity contribution is -0.112. The van der Waals surface area contributed by atoms with Crippen molar-refractivity contribution in [2.75, 3.05) is 12.3 Å². The maximum absolute atomic E-state index is 13.6. The Balaban J connectivity index is 1.43. The van der Waals surface area contributed by atoms with Crippen molar-refractivity contribution in [3.05, 3.63) is 118 Å². The second kappa shape index (κ2) is 12.6. The van der Waals surface area contributed by atoms with Crippen LogP contribution >= 0.6 is 22.6 Å². The van der Waals surface area contributed by atoms with Gasteiger partial charge in [0.2, 0.25) is 0 Å². The molecule has 3 heterocycles. The predicted molar refractivity (Wildman–Crippen MR) is 169 cm³/mol. The molecule has 0 radical (unpaired) electrons. The molecule has 1 saturated heterocycles. The third-order valence-electron chi connectivity index (χ3n) is 7.35. The topological polar surface area (TPSA) is 158 Å². The molecule has 12 nitrogen and oxygen atoms in total. The van der Waals surface area contributed by atoms with Gasteiger partial charge in [-0.25, -0.2) is 29.0 Å². The highest BCUT2D eigenvalue weighted by atomic mass is 127. The second-order valence-corrected chi connectivity index (χ2v) is 11.3. The Kier molecular flexibility index (Phi) is 8.45. The Morgan fingerprint density at radius 2 is 1.42 bits per heavy atom. The van der Waals surface area contributed by atoms with Crippen LogP contribution in [-0.4, -0.2) is 62.1 Å². The van der Waals surface area contributed by atoms with Crippen LogP contribution in [0.3, 0.4) is 0 Å². The molecular formula is C32H26IN5O7. The van der Waals surface area contributed by atoms with Gasteiger partial charge in [0.15, 0.2) is 23.6 Å². The summed E-state index contributed by atoms with van der Waals surface area (Å²) < 4.78 is 26.2. The minimum atomic E-state index is -1.72. The van der Waals surface area contributed by atoms with Gasteiger partial charge in [-0.05, 0) is 65.9 Å². The average molecular weight is 719 g/mol. The van der Waals surface area contributed by atoms with E-state index in [4.69, 9.17) is 24.7 Å². The van der Waals surface area contributed by atoms with Gasteiger partial charge in [-0.1, -0.05) is 54.6 Å². The summed E-state index contributed by atoms with van der Waals surface area (Å²) in [6.07, 6.45) is -2.30. The number of rotatable bonds is 8. The number of fused-ring (bicyclic) bond motifs is 1. The maximum Gasteiger partial charge on any atom is 0.338 e. The molecule has 5 aromatic rings. The SMILES string of the molecule is C[C@@]1(OC(=O)c2ccccc2)[C@H](OC(=O)c2ccccc2)[C@@H](COC(=O)c2ccccc2)O[C@H]1n1nc(I)c2c(N)ncnc21. The molecule has 228 valence electrons. The lowest BCUT2D eigenvalue weighted by atomic mass is 9.95. The number of aromatic nitrogens is 4. The third-order valence-corrected chi connectivity index (χ3v) is 8.10. The van der Waals surface area contributed by atoms with E-state index in [1.807, 2.05) is 22.6 Å². The summed E-state index contributed by atoms with van der Waals surface area (Å²) >= 11 is 2.00. The van der Waals surface area contributed by atoms with Crippen molar-refractivity contribution in [2.45, 2.75) is 31.0 Å². The van der Waals surface area contributed by atoms with Crippen molar-refractivity contribution in [2.24, 2.45) is 0 Å². The van der Waals surface area contributed by atoms with Gasteiger partial charge in [-0.15, -0.1) is 0 Å². The number of halogens is 1. The molecule has 13 heteroatoms. The standard InChI is InChI=1S/C32H26IN5O7/c1-32(45-30(41)21-15-9-4-10-16-21)24(44-29(40)20-13-7-3-8-14-20)22(17-42-28(39)19-11-5-2-6-12-19)43-31(32)38-27-23(25(33)37-38)26(34)35-18-36-27/h2-16,18,22,24,31H,17H2,1H3,(H2,34,35,36)/t22-,24-,31-,32-/m1/s1. The molecule has 1 aliphatic heterocycles. The van der Waals surface area contributed by atoms with Crippen LogP contribution in [0.5, 0.6) is 0 Å². The number of hydrogen-bond acceptors (Lipinski definition) is 11. The van der Waals surface area contributed by atoms with Gasteiger partial charge in [0.25, 0.3) is 0 Å². The van der Waals surface area contributed by atoms with Gasteiger partial charge in [0.1, 0.15) is 28.6 Å². The van der Waals surface area contributed by atoms with E-state index in [-0.39, 0.29) is 23.6 Å². The van der Waals surface area contributed by atoms with Crippen LogP contribution in [0.2, 0.25) is 0 Å². The third kappa shape index (κ3) is 5.95. The molecule has 3 aromatic carbocycles. The van der Waals surface area contributed by atoms with E-state index in [2.05, 4.69) is 15.1 Å². The number of carbonyl (C=O) groups is 3. The van der Waals surface area contributed by atoms with Gasteiger partial charge in [0, 0.05) is 0 Å². The summed E-state index contributed by atoms with van der Waals surface area (Å²) in [5.41, 5.74) is 5.58. The van der Waals surface area contributed by atoms with Gasteiger partial charge >= 0.3 is 17.9 Å². The molecular weight excluding hydrogens is 693 g/mol. The Morgan fingerprint density at radius 1 is 0.867 bits per heavy atom. The Hall–Kier alpha value is -4.89. The lowest BCUT2D eigenvalue weighted by Crippen LogP contribution is -2.50. The Morgan fingerprint density at radius 3 is 2.02 bits per heavy atom. The summed E-state index contributed by atoms with van der Waals surface area (Å²) in [6.45, 7) is 1.23. The fraction of sp³-hybridized carbons (Fsp3) is 0.188. The van der Waals surface area contributed by atoms with E-state index in [9.17, 15) is 14.4 Å². The highest BCUT2D eigenvalue weighted by Gasteiger charge is 2.61. The molecule has 0 spiro atoms. The highest BCUT2D eigenvalue weighted by Crippen LogP contribution is 2.45. The van der Waals surface area contributed by atoms with E-state index < -0.39 is 41.9 Å². The fourth-order valence-electron chi connectivity index (χ4n) is 5.13. The van der Waals surface area contributed by atoms with Crippen LogP contribution in [0.15, 0.2) is 97.3 Å². The molecule has 45 heavy (non-hydrogen) atoms.